The molecule has 1 aromatic heterocycles. The molecule has 1 atom stereocenters. The summed E-state index contributed by atoms with van der Waals surface area (Å²) in [6, 6.07) is 10.9. The molecular formula is C16H18N2O3S2. The molecule has 0 radical (unpaired) electrons. The van der Waals surface area contributed by atoms with Crippen molar-refractivity contribution in [3.8, 4) is 0 Å². The van der Waals surface area contributed by atoms with Crippen LogP contribution < -0.4 is 9.62 Å². The molecule has 0 fully saturated rings. The lowest BCUT2D eigenvalue weighted by atomic mass is 10.1. The van der Waals surface area contributed by atoms with Gasteiger partial charge < -0.3 is 5.32 Å². The maximum Gasteiger partial charge on any atom is 0.274 e. The van der Waals surface area contributed by atoms with Gasteiger partial charge in [-0.15, -0.1) is 11.3 Å². The molecule has 0 spiro atoms. The number of fused-ring (bicyclic) bond motifs is 1. The Hall–Kier alpha value is -1.86. The van der Waals surface area contributed by atoms with Crippen molar-refractivity contribution in [2.45, 2.75) is 37.1 Å². The molecule has 1 N–H and O–H groups in total. The molecule has 2 aromatic rings. The summed E-state index contributed by atoms with van der Waals surface area (Å²) in [5.74, 6) is -0.134. The van der Waals surface area contributed by atoms with Gasteiger partial charge in [0, 0.05) is 17.8 Å². The van der Waals surface area contributed by atoms with Crippen LogP contribution in [-0.4, -0.2) is 20.4 Å². The van der Waals surface area contributed by atoms with Crippen LogP contribution in [-0.2, 0) is 27.8 Å². The number of hydrogen-bond acceptors (Lipinski definition) is 4. The minimum atomic E-state index is -3.58. The monoisotopic (exact) mass is 350 g/mol. The molecular weight excluding hydrogens is 332 g/mol. The Balaban J connectivity index is 1.92. The third-order valence-corrected chi connectivity index (χ3v) is 7.29. The molecule has 1 aromatic carbocycles. The van der Waals surface area contributed by atoms with Crippen molar-refractivity contribution >= 4 is 33.0 Å². The van der Waals surface area contributed by atoms with E-state index in [1.807, 2.05) is 31.2 Å². The van der Waals surface area contributed by atoms with Crippen molar-refractivity contribution in [3.05, 3.63) is 46.8 Å². The van der Waals surface area contributed by atoms with Crippen molar-refractivity contribution in [2.75, 3.05) is 4.31 Å². The molecule has 122 valence electrons. The predicted molar refractivity (Wildman–Crippen MR) is 91.1 cm³/mol. The van der Waals surface area contributed by atoms with E-state index in [0.29, 0.717) is 10.8 Å². The first kappa shape index (κ1) is 16.0. The molecule has 1 aliphatic heterocycles. The summed E-state index contributed by atoms with van der Waals surface area (Å²) >= 11 is 1.20. The first-order valence-corrected chi connectivity index (χ1v) is 9.61. The van der Waals surface area contributed by atoms with Gasteiger partial charge in [0.05, 0.1) is 12.2 Å². The standard InChI is InChI=1S/C16H18N2O3S2/c1-11-9-13-5-3-4-6-15(13)18(11)23(20,21)16-8-7-14(22-16)10-17-12(2)19/h3-8,11H,9-10H2,1-2H3,(H,17,19)/t11-/m1/s1. The number of para-hydroxylation sites is 1. The van der Waals surface area contributed by atoms with E-state index in [1.54, 1.807) is 12.1 Å². The molecule has 1 amide bonds. The second-order valence-corrected chi connectivity index (χ2v) is 8.82. The van der Waals surface area contributed by atoms with E-state index in [1.165, 1.54) is 22.6 Å². The molecule has 3 rings (SSSR count). The number of anilines is 1. The highest BCUT2D eigenvalue weighted by Crippen LogP contribution is 2.38. The topological polar surface area (TPSA) is 66.5 Å². The minimum absolute atomic E-state index is 0.0988. The third-order valence-electron chi connectivity index (χ3n) is 3.81. The largest absolute Gasteiger partial charge is 0.351 e. The maximum absolute atomic E-state index is 13.0. The molecule has 2 heterocycles. The van der Waals surface area contributed by atoms with Crippen LogP contribution in [0.2, 0.25) is 0 Å². The molecule has 5 nitrogen and oxygen atoms in total. The third kappa shape index (κ3) is 2.98. The number of nitrogens with zero attached hydrogens (tertiary/aromatic N) is 1. The second kappa shape index (κ2) is 5.98. The maximum atomic E-state index is 13.0. The van der Waals surface area contributed by atoms with Crippen molar-refractivity contribution in [3.63, 3.8) is 0 Å². The lowest BCUT2D eigenvalue weighted by Crippen LogP contribution is -2.35. The summed E-state index contributed by atoms with van der Waals surface area (Å²) in [5, 5.41) is 2.68. The number of rotatable bonds is 4. The zero-order valence-electron chi connectivity index (χ0n) is 12.9. The lowest BCUT2D eigenvalue weighted by Gasteiger charge is -2.23. The summed E-state index contributed by atoms with van der Waals surface area (Å²) < 4.78 is 27.8. The van der Waals surface area contributed by atoms with Gasteiger partial charge in [-0.25, -0.2) is 8.42 Å². The van der Waals surface area contributed by atoms with Gasteiger partial charge in [0.2, 0.25) is 5.91 Å². The van der Waals surface area contributed by atoms with E-state index in [4.69, 9.17) is 0 Å². The second-order valence-electron chi connectivity index (χ2n) is 5.61. The fourth-order valence-electron chi connectivity index (χ4n) is 2.80. The number of sulfonamides is 1. The Bertz CT molecular complexity index is 843. The number of carbonyl (C=O) groups excluding carboxylic acids is 1. The Morgan fingerprint density at radius 2 is 2.04 bits per heavy atom. The first-order chi connectivity index (χ1) is 10.9. The Morgan fingerprint density at radius 3 is 2.78 bits per heavy atom. The predicted octanol–water partition coefficient (Wildman–Crippen LogP) is 2.52. The minimum Gasteiger partial charge on any atom is -0.351 e. The molecule has 23 heavy (non-hydrogen) atoms. The lowest BCUT2D eigenvalue weighted by molar-refractivity contribution is -0.119. The number of nitrogens with one attached hydrogen (secondary N) is 1. The average Bonchev–Trinajstić information content (AvgIpc) is 3.08. The molecule has 7 heteroatoms. The summed E-state index contributed by atoms with van der Waals surface area (Å²) in [6.45, 7) is 3.71. The van der Waals surface area contributed by atoms with Gasteiger partial charge in [0.25, 0.3) is 10.0 Å². The van der Waals surface area contributed by atoms with Crippen LogP contribution in [0.4, 0.5) is 5.69 Å². The van der Waals surface area contributed by atoms with E-state index >= 15 is 0 Å². The molecule has 0 unspecified atom stereocenters. The van der Waals surface area contributed by atoms with Crippen molar-refractivity contribution in [1.82, 2.24) is 5.32 Å². The van der Waals surface area contributed by atoms with Gasteiger partial charge in [0.1, 0.15) is 4.21 Å². The first-order valence-electron chi connectivity index (χ1n) is 7.35. The fraction of sp³-hybridized carbons (Fsp3) is 0.312. The number of carbonyl (C=O) groups is 1. The number of benzene rings is 1. The number of amides is 1. The summed E-state index contributed by atoms with van der Waals surface area (Å²) in [6.07, 6.45) is 0.722. The molecule has 0 saturated heterocycles. The van der Waals surface area contributed by atoms with Gasteiger partial charge in [-0.3, -0.25) is 9.10 Å². The van der Waals surface area contributed by atoms with E-state index < -0.39 is 10.0 Å². The normalized spacial score (nSPS) is 17.1. The van der Waals surface area contributed by atoms with E-state index in [2.05, 4.69) is 5.32 Å². The SMILES string of the molecule is CC(=O)NCc1ccc(S(=O)(=O)N2c3ccccc3C[C@H]2C)s1. The van der Waals surface area contributed by atoms with Gasteiger partial charge in [-0.05, 0) is 37.1 Å². The highest BCUT2D eigenvalue weighted by Gasteiger charge is 2.36. The van der Waals surface area contributed by atoms with E-state index in [9.17, 15) is 13.2 Å². The van der Waals surface area contributed by atoms with E-state index in [0.717, 1.165) is 22.5 Å². The van der Waals surface area contributed by atoms with Gasteiger partial charge in [-0.2, -0.15) is 0 Å². The quantitative estimate of drug-likeness (QED) is 0.921. The van der Waals surface area contributed by atoms with Crippen LogP contribution >= 0.6 is 11.3 Å². The summed E-state index contributed by atoms with van der Waals surface area (Å²) in [4.78, 5) is 11.8. The summed E-state index contributed by atoms with van der Waals surface area (Å²) in [7, 11) is -3.58. The van der Waals surface area contributed by atoms with Crippen LogP contribution in [0.25, 0.3) is 0 Å². The Kier molecular flexibility index (Phi) is 4.16. The average molecular weight is 350 g/mol. The van der Waals surface area contributed by atoms with Gasteiger partial charge in [-0.1, -0.05) is 18.2 Å². The number of thiophene rings is 1. The Labute approximate surface area is 140 Å². The van der Waals surface area contributed by atoms with Crippen molar-refractivity contribution in [1.29, 1.82) is 0 Å². The summed E-state index contributed by atoms with van der Waals surface area (Å²) in [5.41, 5.74) is 1.82. The highest BCUT2D eigenvalue weighted by molar-refractivity contribution is 7.94. The zero-order valence-corrected chi connectivity index (χ0v) is 14.6. The van der Waals surface area contributed by atoms with Crippen LogP contribution in [0.5, 0.6) is 0 Å². The van der Waals surface area contributed by atoms with Gasteiger partial charge >= 0.3 is 0 Å². The molecule has 1 aliphatic rings. The van der Waals surface area contributed by atoms with E-state index in [-0.39, 0.29) is 11.9 Å². The zero-order chi connectivity index (χ0) is 16.6. The van der Waals surface area contributed by atoms with Crippen LogP contribution in [0.15, 0.2) is 40.6 Å². The Morgan fingerprint density at radius 1 is 1.30 bits per heavy atom. The van der Waals surface area contributed by atoms with Crippen molar-refractivity contribution in [2.24, 2.45) is 0 Å². The van der Waals surface area contributed by atoms with Crippen molar-refractivity contribution < 1.29 is 13.2 Å². The fourth-order valence-corrected chi connectivity index (χ4v) is 5.88. The van der Waals surface area contributed by atoms with Crippen LogP contribution in [0.1, 0.15) is 24.3 Å². The van der Waals surface area contributed by atoms with Crippen LogP contribution in [0, 0.1) is 0 Å². The molecule has 0 bridgehead atoms. The van der Waals surface area contributed by atoms with Gasteiger partial charge in [0.15, 0.2) is 0 Å². The molecule has 0 saturated carbocycles. The van der Waals surface area contributed by atoms with Crippen LogP contribution in [0.3, 0.4) is 0 Å². The smallest absolute Gasteiger partial charge is 0.274 e. The number of hydrogen-bond donors (Lipinski definition) is 1. The highest BCUT2D eigenvalue weighted by atomic mass is 32.2. The molecule has 0 aliphatic carbocycles.